The zero-order valence-electron chi connectivity index (χ0n) is 35.2. The van der Waals surface area contributed by atoms with Crippen LogP contribution in [0.1, 0.15) is 75.1 Å². The maximum atomic E-state index is 15.7. The number of carbonyl (C=O) groups is 4. The molecule has 6 unspecified atom stereocenters. The molecular weight excluding hydrogens is 819 g/mol. The van der Waals surface area contributed by atoms with Gasteiger partial charge in [0.2, 0.25) is 23.7 Å². The number of fused-ring (bicyclic) bond motifs is 1. The van der Waals surface area contributed by atoms with E-state index in [1.54, 1.807) is 34.1 Å². The van der Waals surface area contributed by atoms with E-state index in [1.807, 2.05) is 24.3 Å². The summed E-state index contributed by atoms with van der Waals surface area (Å²) in [5.41, 5.74) is 3.04. The molecule has 0 spiro atoms. The lowest BCUT2D eigenvalue weighted by molar-refractivity contribution is -0.138. The van der Waals surface area contributed by atoms with E-state index in [1.165, 1.54) is 14.2 Å². The molecule has 4 aromatic rings. The number of carbonyl (C=O) groups excluding carboxylic acids is 4. The Kier molecular flexibility index (Phi) is 12.2. The lowest BCUT2D eigenvalue weighted by Gasteiger charge is -2.35. The Balaban J connectivity index is 0.881. The van der Waals surface area contributed by atoms with Gasteiger partial charge in [-0.1, -0.05) is 48.5 Å². The standard InChI is InChI=1S/C45H52F2N8O8/c1-60-44(58)50-36(28-13-18-62-19-14-28)42(56)54-17-3-4-31(54)40-48-34(38(46)52-40)26-9-5-24(6-10-26)25-7-11-27(12-8-25)35-39(47)53-41(49-35)33-23-30-22-32(30)55(33)43(57)37(51-45(59)61-2)29-15-20-63-21-16-29/h5-12,28-33,36-37H,3-4,13-23H2,1-2H3,(H,48,52)(H,49,53)(H,50,58)(H,51,59). The number of aromatic amines is 2. The van der Waals surface area contributed by atoms with Crippen molar-refractivity contribution in [3.8, 4) is 33.6 Å². The van der Waals surface area contributed by atoms with Crippen molar-refractivity contribution < 1.29 is 46.9 Å². The second-order valence-corrected chi connectivity index (χ2v) is 17.1. The number of aromatic nitrogens is 4. The van der Waals surface area contributed by atoms with E-state index in [2.05, 4.69) is 25.6 Å². The van der Waals surface area contributed by atoms with E-state index in [9.17, 15) is 19.2 Å². The number of rotatable bonds is 11. The lowest BCUT2D eigenvalue weighted by Crippen LogP contribution is -2.54. The number of H-pyrrole nitrogens is 2. The molecule has 0 radical (unpaired) electrons. The molecule has 63 heavy (non-hydrogen) atoms. The maximum absolute atomic E-state index is 15.7. The summed E-state index contributed by atoms with van der Waals surface area (Å²) in [6.07, 6.45) is 3.90. The summed E-state index contributed by atoms with van der Waals surface area (Å²) in [5, 5.41) is 5.51. The first-order chi connectivity index (χ1) is 30.6. The summed E-state index contributed by atoms with van der Waals surface area (Å²) < 4.78 is 51.9. The van der Waals surface area contributed by atoms with Gasteiger partial charge < -0.3 is 49.3 Å². The van der Waals surface area contributed by atoms with Crippen molar-refractivity contribution in [1.29, 1.82) is 0 Å². The Morgan fingerprint density at radius 3 is 1.62 bits per heavy atom. The number of nitrogens with zero attached hydrogens (tertiary/aromatic N) is 4. The zero-order chi connectivity index (χ0) is 43.8. The highest BCUT2D eigenvalue weighted by Crippen LogP contribution is 2.54. The third-order valence-corrected chi connectivity index (χ3v) is 13.5. The van der Waals surface area contributed by atoms with E-state index < -0.39 is 48.2 Å². The number of amides is 4. The molecule has 4 aliphatic heterocycles. The average Bonchev–Trinajstić information content (AvgIpc) is 3.72. The fourth-order valence-electron chi connectivity index (χ4n) is 9.98. The summed E-state index contributed by atoms with van der Waals surface area (Å²) in [4.78, 5) is 71.1. The first-order valence-corrected chi connectivity index (χ1v) is 21.8. The molecule has 334 valence electrons. The third kappa shape index (κ3) is 8.62. The van der Waals surface area contributed by atoms with Gasteiger partial charge in [-0.15, -0.1) is 0 Å². The summed E-state index contributed by atoms with van der Waals surface area (Å²) in [5.74, 6) is -0.949. The van der Waals surface area contributed by atoms with Crippen LogP contribution in [0, 0.1) is 29.6 Å². The second-order valence-electron chi connectivity index (χ2n) is 17.1. The summed E-state index contributed by atoms with van der Waals surface area (Å²) in [7, 11) is 2.52. The van der Waals surface area contributed by atoms with Crippen LogP contribution in [0.25, 0.3) is 33.6 Å². The monoisotopic (exact) mass is 870 g/mol. The van der Waals surface area contributed by atoms with Crippen LogP contribution in [0.4, 0.5) is 18.4 Å². The Bertz CT molecular complexity index is 2310. The summed E-state index contributed by atoms with van der Waals surface area (Å²) in [6.45, 7) is 2.43. The third-order valence-electron chi connectivity index (χ3n) is 13.5. The molecule has 2 aromatic carbocycles. The number of halogens is 2. The van der Waals surface area contributed by atoms with Gasteiger partial charge >= 0.3 is 12.2 Å². The average molecular weight is 871 g/mol. The van der Waals surface area contributed by atoms with Gasteiger partial charge in [-0.25, -0.2) is 19.6 Å². The van der Waals surface area contributed by atoms with Crippen molar-refractivity contribution in [2.75, 3.05) is 47.2 Å². The van der Waals surface area contributed by atoms with E-state index in [0.29, 0.717) is 101 Å². The number of piperidine rings is 1. The number of ether oxygens (including phenoxy) is 4. The molecule has 2 aromatic heterocycles. The van der Waals surface area contributed by atoms with Gasteiger partial charge in [0.15, 0.2) is 0 Å². The highest BCUT2D eigenvalue weighted by Gasteiger charge is 2.57. The smallest absolute Gasteiger partial charge is 0.407 e. The molecule has 6 atom stereocenters. The summed E-state index contributed by atoms with van der Waals surface area (Å²) in [6, 6.07) is 12.0. The van der Waals surface area contributed by atoms with Gasteiger partial charge in [0, 0.05) is 50.1 Å². The van der Waals surface area contributed by atoms with E-state index in [0.717, 1.165) is 17.5 Å². The van der Waals surface area contributed by atoms with Crippen molar-refractivity contribution in [2.45, 2.75) is 81.6 Å². The van der Waals surface area contributed by atoms with Crippen molar-refractivity contribution in [1.82, 2.24) is 40.4 Å². The van der Waals surface area contributed by atoms with E-state index >= 15 is 8.78 Å². The maximum Gasteiger partial charge on any atom is 0.407 e. The van der Waals surface area contributed by atoms with Gasteiger partial charge in [0.25, 0.3) is 0 Å². The van der Waals surface area contributed by atoms with Crippen LogP contribution >= 0.6 is 0 Å². The molecule has 4 saturated heterocycles. The highest BCUT2D eigenvalue weighted by atomic mass is 19.1. The molecule has 1 saturated carbocycles. The van der Waals surface area contributed by atoms with Crippen LogP contribution in [-0.4, -0.2) is 119 Å². The minimum Gasteiger partial charge on any atom is -0.453 e. The number of hydrogen-bond acceptors (Lipinski definition) is 10. The zero-order valence-corrected chi connectivity index (χ0v) is 35.2. The normalized spacial score (nSPS) is 23.5. The topological polar surface area (TPSA) is 193 Å². The Hall–Kier alpha value is -5.88. The largest absolute Gasteiger partial charge is 0.453 e. The Morgan fingerprint density at radius 2 is 1.13 bits per heavy atom. The molecule has 4 N–H and O–H groups in total. The molecule has 16 nitrogen and oxygen atoms in total. The van der Waals surface area contributed by atoms with Crippen LogP contribution in [-0.2, 0) is 28.5 Å². The number of imidazole rings is 2. The van der Waals surface area contributed by atoms with Crippen LogP contribution in [0.15, 0.2) is 48.5 Å². The van der Waals surface area contributed by atoms with Crippen LogP contribution in [0.2, 0.25) is 0 Å². The lowest BCUT2D eigenvalue weighted by atomic mass is 9.90. The molecule has 18 heteroatoms. The molecule has 9 rings (SSSR count). The Labute approximate surface area is 362 Å². The molecule has 5 aliphatic rings. The van der Waals surface area contributed by atoms with E-state index in [4.69, 9.17) is 23.9 Å². The first kappa shape index (κ1) is 42.4. The fraction of sp³-hybridized carbons (Fsp3) is 0.511. The minimum absolute atomic E-state index is 0.00462. The van der Waals surface area contributed by atoms with Crippen molar-refractivity contribution in [3.63, 3.8) is 0 Å². The quantitative estimate of drug-likeness (QED) is 0.138. The highest BCUT2D eigenvalue weighted by molar-refractivity contribution is 5.88. The van der Waals surface area contributed by atoms with Gasteiger partial charge in [0.05, 0.1) is 26.3 Å². The number of nitrogens with one attached hydrogen (secondary N) is 4. The number of alkyl carbamates (subject to hydrolysis) is 2. The van der Waals surface area contributed by atoms with Gasteiger partial charge in [-0.2, -0.15) is 8.78 Å². The number of likely N-dealkylation sites (tertiary alicyclic amines) is 2. The van der Waals surface area contributed by atoms with Crippen molar-refractivity contribution >= 4 is 24.0 Å². The number of methoxy groups -OCH3 is 2. The predicted octanol–water partition coefficient (Wildman–Crippen LogP) is 6.04. The molecule has 1 aliphatic carbocycles. The van der Waals surface area contributed by atoms with Gasteiger partial charge in [0.1, 0.15) is 35.1 Å². The molecule has 6 heterocycles. The molecule has 0 bridgehead atoms. The molecular formula is C45H52F2N8O8. The fourth-order valence-corrected chi connectivity index (χ4v) is 9.98. The van der Waals surface area contributed by atoms with Gasteiger partial charge in [-0.05, 0) is 80.2 Å². The van der Waals surface area contributed by atoms with Crippen molar-refractivity contribution in [2.24, 2.45) is 17.8 Å². The SMILES string of the molecule is COC(=O)NC(C(=O)N1CCCC1c1nc(-c2ccc(-c3ccc(-c4nc(C5CC6CC6N5C(=O)C(NC(=O)OC)C5CCOCC5)[nH]c4F)cc3)cc2)c(F)[nH]1)C1CCOCC1. The molecule has 4 amide bonds. The molecule has 5 fully saturated rings. The van der Waals surface area contributed by atoms with Crippen molar-refractivity contribution in [3.05, 3.63) is 72.1 Å². The van der Waals surface area contributed by atoms with Crippen LogP contribution < -0.4 is 10.6 Å². The predicted molar refractivity (Wildman–Crippen MR) is 222 cm³/mol. The van der Waals surface area contributed by atoms with E-state index in [-0.39, 0.29) is 47.0 Å². The minimum atomic E-state index is -0.802. The van der Waals surface area contributed by atoms with Gasteiger partial charge in [-0.3, -0.25) is 9.59 Å². The Morgan fingerprint density at radius 1 is 0.667 bits per heavy atom. The first-order valence-electron chi connectivity index (χ1n) is 21.8. The number of benzene rings is 2. The van der Waals surface area contributed by atoms with Crippen LogP contribution in [0.3, 0.4) is 0 Å². The summed E-state index contributed by atoms with van der Waals surface area (Å²) >= 11 is 0. The second kappa shape index (κ2) is 18.1. The van der Waals surface area contributed by atoms with Crippen LogP contribution in [0.5, 0.6) is 0 Å². The number of hydrogen-bond donors (Lipinski definition) is 4.